The Labute approximate surface area is 189 Å². The van der Waals surface area contributed by atoms with Crippen molar-refractivity contribution in [2.24, 2.45) is 4.99 Å². The van der Waals surface area contributed by atoms with Crippen LogP contribution in [-0.4, -0.2) is 37.9 Å². The van der Waals surface area contributed by atoms with Crippen LogP contribution in [0.15, 0.2) is 77.8 Å². The fourth-order valence-electron chi connectivity index (χ4n) is 3.13. The first-order valence-corrected chi connectivity index (χ1v) is 10.5. The zero-order valence-electron chi connectivity index (χ0n) is 19.1. The summed E-state index contributed by atoms with van der Waals surface area (Å²) >= 11 is 0. The van der Waals surface area contributed by atoms with E-state index in [0.717, 1.165) is 28.2 Å². The van der Waals surface area contributed by atoms with Crippen molar-refractivity contribution in [3.8, 4) is 11.5 Å². The molecule has 0 aliphatic carbocycles. The third kappa shape index (κ3) is 6.35. The third-order valence-electron chi connectivity index (χ3n) is 4.93. The van der Waals surface area contributed by atoms with Crippen LogP contribution >= 0.6 is 0 Å². The molecule has 166 valence electrons. The Kier molecular flexibility index (Phi) is 7.86. The van der Waals surface area contributed by atoms with Crippen molar-refractivity contribution in [1.29, 1.82) is 0 Å². The highest BCUT2D eigenvalue weighted by molar-refractivity contribution is 5.93. The average Bonchev–Trinajstić information content (AvgIpc) is 2.81. The van der Waals surface area contributed by atoms with Crippen LogP contribution in [0.25, 0.3) is 0 Å². The first-order chi connectivity index (χ1) is 15.5. The number of nitrogens with zero attached hydrogens (tertiary/aromatic N) is 2. The van der Waals surface area contributed by atoms with Crippen LogP contribution in [0.5, 0.6) is 11.5 Å². The highest BCUT2D eigenvalue weighted by Gasteiger charge is 2.09. The van der Waals surface area contributed by atoms with Crippen molar-refractivity contribution in [2.75, 3.05) is 21.1 Å². The molecule has 1 amide bonds. The molecule has 0 bridgehead atoms. The zero-order chi connectivity index (χ0) is 22.9. The quantitative estimate of drug-likeness (QED) is 0.432. The average molecular weight is 431 g/mol. The Hall–Kier alpha value is -3.80. The van der Waals surface area contributed by atoms with Crippen LogP contribution in [0.1, 0.15) is 27.0 Å². The largest absolute Gasteiger partial charge is 0.457 e. The number of rotatable bonds is 7. The number of hydrogen-bond donors (Lipinski definition) is 2. The van der Waals surface area contributed by atoms with Crippen LogP contribution in [-0.2, 0) is 13.1 Å². The summed E-state index contributed by atoms with van der Waals surface area (Å²) in [4.78, 5) is 17.9. The van der Waals surface area contributed by atoms with E-state index in [9.17, 15) is 4.79 Å². The van der Waals surface area contributed by atoms with E-state index in [1.165, 1.54) is 0 Å². The van der Waals surface area contributed by atoms with Crippen molar-refractivity contribution in [2.45, 2.75) is 20.0 Å². The molecule has 0 aliphatic rings. The maximum absolute atomic E-state index is 12.0. The number of guanidine groups is 1. The van der Waals surface area contributed by atoms with Gasteiger partial charge >= 0.3 is 0 Å². The molecule has 0 aromatic heterocycles. The van der Waals surface area contributed by atoms with Crippen LogP contribution in [0.4, 0.5) is 0 Å². The summed E-state index contributed by atoms with van der Waals surface area (Å²) in [5.74, 6) is 2.30. The summed E-state index contributed by atoms with van der Waals surface area (Å²) < 4.78 is 6.10. The molecule has 3 rings (SSSR count). The molecule has 0 saturated carbocycles. The van der Waals surface area contributed by atoms with Gasteiger partial charge in [-0.15, -0.1) is 0 Å². The molecular weight excluding hydrogens is 400 g/mol. The molecule has 0 saturated heterocycles. The zero-order valence-corrected chi connectivity index (χ0v) is 19.1. The van der Waals surface area contributed by atoms with E-state index < -0.39 is 0 Å². The summed E-state index contributed by atoms with van der Waals surface area (Å²) in [6.45, 7) is 3.21. The number of aryl methyl sites for hydroxylation is 1. The maximum atomic E-state index is 12.0. The topological polar surface area (TPSA) is 66.0 Å². The van der Waals surface area contributed by atoms with E-state index in [0.29, 0.717) is 24.6 Å². The summed E-state index contributed by atoms with van der Waals surface area (Å²) in [5, 5.41) is 6.65. The van der Waals surface area contributed by atoms with Gasteiger partial charge < -0.3 is 20.3 Å². The van der Waals surface area contributed by atoms with Crippen LogP contribution in [0.3, 0.4) is 0 Å². The summed E-state index contributed by atoms with van der Waals surface area (Å²) in [5.41, 5.74) is 3.91. The molecule has 2 N–H and O–H groups in total. The van der Waals surface area contributed by atoms with Gasteiger partial charge in [-0.2, -0.15) is 0 Å². The molecule has 0 heterocycles. The molecular formula is C26H30N4O2. The maximum Gasteiger partial charge on any atom is 0.253 e. The lowest BCUT2D eigenvalue weighted by Gasteiger charge is -2.16. The second-order valence-corrected chi connectivity index (χ2v) is 7.70. The summed E-state index contributed by atoms with van der Waals surface area (Å²) in [6.07, 6.45) is 0. The molecule has 6 nitrogen and oxygen atoms in total. The normalized spacial score (nSPS) is 11.1. The molecule has 32 heavy (non-hydrogen) atoms. The minimum absolute atomic E-state index is 0.00592. The van der Waals surface area contributed by atoms with Crippen molar-refractivity contribution in [1.82, 2.24) is 15.5 Å². The van der Waals surface area contributed by atoms with Gasteiger partial charge in [-0.05, 0) is 48.4 Å². The van der Waals surface area contributed by atoms with Gasteiger partial charge in [0.15, 0.2) is 5.96 Å². The lowest BCUT2D eigenvalue weighted by Crippen LogP contribution is -2.36. The second-order valence-electron chi connectivity index (χ2n) is 7.70. The Morgan fingerprint density at radius 3 is 2.28 bits per heavy atom. The SMILES string of the molecule is CN=C(NCc1ccc(C(=O)N(C)C)cc1)NCc1ccc(C)cc1Oc1ccccc1. The highest BCUT2D eigenvalue weighted by atomic mass is 16.5. The fourth-order valence-corrected chi connectivity index (χ4v) is 3.13. The van der Waals surface area contributed by atoms with Gasteiger partial charge in [-0.3, -0.25) is 9.79 Å². The van der Waals surface area contributed by atoms with Gasteiger partial charge in [0.05, 0.1) is 0 Å². The van der Waals surface area contributed by atoms with Crippen LogP contribution in [0.2, 0.25) is 0 Å². The number of hydrogen-bond acceptors (Lipinski definition) is 3. The van der Waals surface area contributed by atoms with Crippen molar-refractivity contribution in [3.05, 3.63) is 95.1 Å². The number of benzene rings is 3. The molecule has 0 atom stereocenters. The van der Waals surface area contributed by atoms with Gasteiger partial charge in [0.2, 0.25) is 0 Å². The Bertz CT molecular complexity index is 1060. The van der Waals surface area contributed by atoms with Crippen molar-refractivity contribution >= 4 is 11.9 Å². The van der Waals surface area contributed by atoms with Gasteiger partial charge in [-0.25, -0.2) is 0 Å². The van der Waals surface area contributed by atoms with Crippen LogP contribution in [0, 0.1) is 6.92 Å². The number of carbonyl (C=O) groups is 1. The third-order valence-corrected chi connectivity index (χ3v) is 4.93. The van der Waals surface area contributed by atoms with E-state index in [4.69, 9.17) is 4.74 Å². The fraction of sp³-hybridized carbons (Fsp3) is 0.231. The Morgan fingerprint density at radius 2 is 1.62 bits per heavy atom. The summed E-state index contributed by atoms with van der Waals surface area (Å²) in [7, 11) is 5.24. The number of ether oxygens (including phenoxy) is 1. The second kappa shape index (κ2) is 11.0. The lowest BCUT2D eigenvalue weighted by atomic mass is 10.1. The minimum Gasteiger partial charge on any atom is -0.457 e. The first kappa shape index (κ1) is 22.9. The van der Waals surface area contributed by atoms with Gasteiger partial charge in [0.1, 0.15) is 11.5 Å². The molecule has 0 aliphatic heterocycles. The predicted molar refractivity (Wildman–Crippen MR) is 129 cm³/mol. The Balaban J connectivity index is 1.59. The van der Waals surface area contributed by atoms with Gasteiger partial charge in [0, 0.05) is 45.4 Å². The first-order valence-electron chi connectivity index (χ1n) is 10.5. The van der Waals surface area contributed by atoms with Crippen molar-refractivity contribution in [3.63, 3.8) is 0 Å². The number of amides is 1. The summed E-state index contributed by atoms with van der Waals surface area (Å²) in [6, 6.07) is 23.5. The smallest absolute Gasteiger partial charge is 0.253 e. The monoisotopic (exact) mass is 430 g/mol. The lowest BCUT2D eigenvalue weighted by molar-refractivity contribution is 0.0827. The molecule has 3 aromatic rings. The van der Waals surface area contributed by atoms with E-state index in [2.05, 4.69) is 27.8 Å². The highest BCUT2D eigenvalue weighted by Crippen LogP contribution is 2.26. The molecule has 0 spiro atoms. The van der Waals surface area contributed by atoms with Gasteiger partial charge in [-0.1, -0.05) is 42.5 Å². The van der Waals surface area contributed by atoms with E-state index >= 15 is 0 Å². The Morgan fingerprint density at radius 1 is 0.938 bits per heavy atom. The molecule has 0 fully saturated rings. The minimum atomic E-state index is -0.00592. The van der Waals surface area contributed by atoms with Crippen molar-refractivity contribution < 1.29 is 9.53 Å². The number of nitrogens with one attached hydrogen (secondary N) is 2. The molecule has 0 unspecified atom stereocenters. The van der Waals surface area contributed by atoms with E-state index in [1.807, 2.05) is 67.6 Å². The number of para-hydroxylation sites is 1. The molecule has 0 radical (unpaired) electrons. The van der Waals surface area contributed by atoms with E-state index in [1.54, 1.807) is 26.0 Å². The van der Waals surface area contributed by atoms with Gasteiger partial charge in [0.25, 0.3) is 5.91 Å². The molecule has 3 aromatic carbocycles. The molecule has 6 heteroatoms. The number of carbonyl (C=O) groups excluding carboxylic acids is 1. The number of aliphatic imine (C=N–C) groups is 1. The van der Waals surface area contributed by atoms with Crippen LogP contribution < -0.4 is 15.4 Å². The predicted octanol–water partition coefficient (Wildman–Crippen LogP) is 4.35. The van der Waals surface area contributed by atoms with E-state index in [-0.39, 0.29) is 5.91 Å². The standard InChI is InChI=1S/C26H30N4O2/c1-19-10-13-22(24(16-19)32-23-8-6-5-7-9-23)18-29-26(27-2)28-17-20-11-14-21(15-12-20)25(31)30(3)4/h5-16H,17-18H2,1-4H3,(H2,27,28,29).